The summed E-state index contributed by atoms with van der Waals surface area (Å²) in [6.45, 7) is 6.98. The van der Waals surface area contributed by atoms with Crippen molar-refractivity contribution in [3.05, 3.63) is 83.3 Å². The van der Waals surface area contributed by atoms with E-state index in [1.807, 2.05) is 6.92 Å². The molecule has 0 unspecified atom stereocenters. The number of aryl methyl sites for hydroxylation is 4. The molecule has 2 aromatic carbocycles. The van der Waals surface area contributed by atoms with E-state index in [4.69, 9.17) is 31.0 Å². The Morgan fingerprint density at radius 1 is 0.750 bits per heavy atom. The number of ether oxygens (including phenoxy) is 2. The molecule has 0 spiro atoms. The first-order valence-corrected chi connectivity index (χ1v) is 11.6. The van der Waals surface area contributed by atoms with Crippen molar-refractivity contribution < 1.29 is 73.9 Å². The summed E-state index contributed by atoms with van der Waals surface area (Å²) in [5, 5.41) is 18.8. The second-order valence-corrected chi connectivity index (χ2v) is 8.62. The third-order valence-corrected chi connectivity index (χ3v) is 6.02. The maximum Gasteiger partial charge on any atom is 0.340 e. The van der Waals surface area contributed by atoms with Crippen LogP contribution in [0.2, 0.25) is 0 Å². The number of esters is 2. The number of benzene rings is 2. The summed E-state index contributed by atoms with van der Waals surface area (Å²) in [4.78, 5) is 33.9. The zero-order valence-electron chi connectivity index (χ0n) is 25.3. The van der Waals surface area contributed by atoms with E-state index in [0.717, 1.165) is 16.8 Å². The zero-order valence-corrected chi connectivity index (χ0v) is 28.4. The number of aromatic nitrogens is 2. The van der Waals surface area contributed by atoms with E-state index in [2.05, 4.69) is 15.1 Å². The SMILES string of the molecule is COC(=O)c1cc(-c2c(C)noc2C)cc(N)c1N.COC(=O)c1cc(-c2c(C)noc2C)cc([N+](=O)[O-])c1N.[CH3-].[CH3-].[Pd].[Pd]. The Morgan fingerprint density at radius 3 is 1.48 bits per heavy atom. The average molecular weight is 795 g/mol. The number of nitrogens with two attached hydrogens (primary N) is 3. The molecule has 0 bridgehead atoms. The summed E-state index contributed by atoms with van der Waals surface area (Å²) in [5.41, 5.74) is 21.2. The molecule has 0 aliphatic carbocycles. The molecule has 44 heavy (non-hydrogen) atoms. The fraction of sp³-hybridized carbons (Fsp3) is 0.214. The Hall–Kier alpha value is -4.08. The van der Waals surface area contributed by atoms with Crippen LogP contribution in [0.15, 0.2) is 33.3 Å². The standard InChI is InChI=1S/C13H13N3O5.C13H15N3O3.2CH3.2Pd/c1-6-11(7(2)21-15-6)8-4-9(13(17)20-3)12(14)10(5-8)16(18)19;1-6-11(7(2)19-16-6)8-4-9(13(17)18-3)12(15)10(14)5-8;;;;/h4-5H,14H2,1-3H3;4-5H,14-15H2,1-3H3;2*1H3;;/q;;2*-1;;. The number of nitro benzene ring substituents is 1. The van der Waals surface area contributed by atoms with Crippen molar-refractivity contribution in [2.45, 2.75) is 27.7 Å². The van der Waals surface area contributed by atoms with Crippen LogP contribution in [0, 0.1) is 52.7 Å². The maximum absolute atomic E-state index is 11.7. The summed E-state index contributed by atoms with van der Waals surface area (Å²) in [5.74, 6) is -0.137. The van der Waals surface area contributed by atoms with E-state index in [0.29, 0.717) is 34.0 Å². The van der Waals surface area contributed by atoms with Crippen LogP contribution < -0.4 is 17.2 Å². The summed E-state index contributed by atoms with van der Waals surface area (Å²) in [6, 6.07) is 6.04. The van der Waals surface area contributed by atoms with Gasteiger partial charge >= 0.3 is 11.9 Å². The van der Waals surface area contributed by atoms with Crippen LogP contribution in [0.4, 0.5) is 22.7 Å². The van der Waals surface area contributed by atoms with Gasteiger partial charge in [-0.3, -0.25) is 10.1 Å². The number of hydrogen-bond acceptors (Lipinski definition) is 13. The summed E-state index contributed by atoms with van der Waals surface area (Å²) in [6.07, 6.45) is 0. The predicted molar refractivity (Wildman–Crippen MR) is 158 cm³/mol. The smallest absolute Gasteiger partial charge is 0.340 e. The molecule has 4 aromatic rings. The molecule has 0 fully saturated rings. The number of hydrogen-bond donors (Lipinski definition) is 3. The van der Waals surface area contributed by atoms with Crippen molar-refractivity contribution in [1.29, 1.82) is 0 Å². The van der Waals surface area contributed by atoms with E-state index in [9.17, 15) is 19.7 Å². The van der Waals surface area contributed by atoms with Crippen LogP contribution in [0.3, 0.4) is 0 Å². The zero-order chi connectivity index (χ0) is 29.9. The number of nitrogen functional groups attached to an aromatic ring is 3. The molecule has 0 saturated carbocycles. The molecule has 6 N–H and O–H groups in total. The van der Waals surface area contributed by atoms with Crippen molar-refractivity contribution in [3.63, 3.8) is 0 Å². The van der Waals surface area contributed by atoms with Gasteiger partial charge in [0.1, 0.15) is 17.2 Å². The third-order valence-electron chi connectivity index (χ3n) is 6.02. The molecule has 0 atom stereocenters. The Morgan fingerprint density at radius 2 is 1.14 bits per heavy atom. The van der Waals surface area contributed by atoms with Crippen LogP contribution in [0.1, 0.15) is 43.6 Å². The molecule has 2 aromatic heterocycles. The molecule has 16 heteroatoms. The third kappa shape index (κ3) is 8.52. The Balaban J connectivity index is 0. The normalized spacial score (nSPS) is 9.50. The van der Waals surface area contributed by atoms with E-state index in [1.54, 1.807) is 32.9 Å². The van der Waals surface area contributed by atoms with Gasteiger partial charge in [0.2, 0.25) is 0 Å². The predicted octanol–water partition coefficient (Wildman–Crippen LogP) is 5.04. The first kappa shape index (κ1) is 42.1. The van der Waals surface area contributed by atoms with Crippen LogP contribution in [0.5, 0.6) is 0 Å². The van der Waals surface area contributed by atoms with Gasteiger partial charge < -0.3 is 50.6 Å². The number of anilines is 3. The largest absolute Gasteiger partial charge is 0.465 e. The monoisotopic (exact) mass is 794 g/mol. The van der Waals surface area contributed by atoms with Gasteiger partial charge in [-0.25, -0.2) is 9.59 Å². The van der Waals surface area contributed by atoms with E-state index >= 15 is 0 Å². The van der Waals surface area contributed by atoms with Gasteiger partial charge in [0.15, 0.2) is 0 Å². The van der Waals surface area contributed by atoms with Gasteiger partial charge in [-0.1, -0.05) is 10.3 Å². The molecule has 0 aliphatic heterocycles. The molecule has 14 nitrogen and oxygen atoms in total. The minimum atomic E-state index is -0.746. The quantitative estimate of drug-likeness (QED) is 0.0602. The van der Waals surface area contributed by atoms with Crippen molar-refractivity contribution in [1.82, 2.24) is 10.3 Å². The molecule has 246 valence electrons. The Kier molecular flexibility index (Phi) is 16.5. The fourth-order valence-corrected chi connectivity index (χ4v) is 4.10. The van der Waals surface area contributed by atoms with Crippen molar-refractivity contribution in [2.24, 2.45) is 0 Å². The average Bonchev–Trinajstić information content (AvgIpc) is 3.44. The molecule has 0 radical (unpaired) electrons. The molecule has 0 saturated heterocycles. The summed E-state index contributed by atoms with van der Waals surface area (Å²) >= 11 is 0. The van der Waals surface area contributed by atoms with Crippen LogP contribution >= 0.6 is 0 Å². The van der Waals surface area contributed by atoms with Gasteiger partial charge in [-0.15, -0.1) is 0 Å². The Bertz CT molecular complexity index is 1600. The van der Waals surface area contributed by atoms with Crippen molar-refractivity contribution >= 4 is 34.7 Å². The number of nitrogens with zero attached hydrogens (tertiary/aromatic N) is 3. The van der Waals surface area contributed by atoms with E-state index in [-0.39, 0.29) is 83.9 Å². The first-order valence-electron chi connectivity index (χ1n) is 11.6. The van der Waals surface area contributed by atoms with Gasteiger partial charge in [0.05, 0.1) is 53.0 Å². The minimum Gasteiger partial charge on any atom is -0.465 e. The van der Waals surface area contributed by atoms with E-state index < -0.39 is 16.9 Å². The van der Waals surface area contributed by atoms with Gasteiger partial charge in [0, 0.05) is 58.0 Å². The second-order valence-electron chi connectivity index (χ2n) is 8.62. The summed E-state index contributed by atoms with van der Waals surface area (Å²) < 4.78 is 19.4. The Labute approximate surface area is 282 Å². The van der Waals surface area contributed by atoms with E-state index in [1.165, 1.54) is 26.4 Å². The number of rotatable bonds is 5. The number of carbonyl (C=O) groups is 2. The van der Waals surface area contributed by atoms with Crippen LogP contribution in [-0.2, 0) is 50.3 Å². The second kappa shape index (κ2) is 17.3. The molecular weight excluding hydrogens is 761 g/mol. The van der Waals surface area contributed by atoms with Gasteiger partial charge in [0.25, 0.3) is 5.69 Å². The molecule has 2 heterocycles. The van der Waals surface area contributed by atoms with Crippen LogP contribution in [-0.4, -0.2) is 41.4 Å². The first-order chi connectivity index (χ1) is 18.8. The fourth-order valence-electron chi connectivity index (χ4n) is 4.10. The molecular formula is C28H34N6O8Pd2-2. The number of nitro groups is 1. The van der Waals surface area contributed by atoms with Crippen LogP contribution in [0.25, 0.3) is 22.3 Å². The number of methoxy groups -OCH3 is 2. The molecule has 0 aliphatic rings. The van der Waals surface area contributed by atoms with Crippen molar-refractivity contribution in [3.8, 4) is 22.3 Å². The molecule has 4 rings (SSSR count). The topological polar surface area (TPSA) is 226 Å². The minimum absolute atomic E-state index is 0. The summed E-state index contributed by atoms with van der Waals surface area (Å²) in [7, 11) is 2.47. The molecule has 0 amide bonds. The van der Waals surface area contributed by atoms with Gasteiger partial charge in [-0.2, -0.15) is 0 Å². The van der Waals surface area contributed by atoms with Crippen molar-refractivity contribution in [2.75, 3.05) is 31.4 Å². The maximum atomic E-state index is 11.7. The van der Waals surface area contributed by atoms with Gasteiger partial charge in [-0.05, 0) is 57.0 Å². The number of carbonyl (C=O) groups excluding carboxylic acids is 2.